The van der Waals surface area contributed by atoms with Crippen molar-refractivity contribution in [3.8, 4) is 5.75 Å². The molecule has 1 nitrogen and oxygen atoms in total. The Labute approximate surface area is 94.1 Å². The number of methoxy groups -OCH3 is 1. The average Bonchev–Trinajstić information content (AvgIpc) is 1.90. The fourth-order valence-electron chi connectivity index (χ4n) is 0.615. The maximum Gasteiger partial charge on any atom is 2.00 e. The van der Waals surface area contributed by atoms with Crippen LogP contribution in [-0.2, 0) is 0 Å². The molecule has 1 rings (SSSR count). The summed E-state index contributed by atoms with van der Waals surface area (Å²) in [6.07, 6.45) is 0. The third kappa shape index (κ3) is 4.66. The number of aryl methyl sites for hydroxylation is 1. The molecule has 56 valence electrons. The molecule has 3 heteroatoms. The molecule has 0 spiro atoms. The van der Waals surface area contributed by atoms with Crippen molar-refractivity contribution in [1.82, 2.24) is 0 Å². The zero-order chi connectivity index (χ0) is 6.69. The van der Waals surface area contributed by atoms with Crippen LogP contribution in [0.1, 0.15) is 5.56 Å². The van der Waals surface area contributed by atoms with Gasteiger partial charge < -0.3 is 21.7 Å². The van der Waals surface area contributed by atoms with Gasteiger partial charge in [0.15, 0.2) is 0 Å². The molecule has 0 aliphatic rings. The van der Waals surface area contributed by atoms with Crippen LogP contribution in [0.2, 0.25) is 0 Å². The Kier molecular flexibility index (Phi) is 8.73. The molecule has 11 heavy (non-hydrogen) atoms. The first kappa shape index (κ1) is 13.8. The van der Waals surface area contributed by atoms with Crippen molar-refractivity contribution in [3.05, 3.63) is 29.8 Å². The second-order valence-electron chi connectivity index (χ2n) is 1.93. The van der Waals surface area contributed by atoms with Crippen molar-refractivity contribution >= 4 is 23.1 Å². The van der Waals surface area contributed by atoms with E-state index in [0.29, 0.717) is 0 Å². The number of benzene rings is 1. The van der Waals surface area contributed by atoms with Gasteiger partial charge in [-0.25, -0.2) is 0 Å². The molecule has 0 saturated carbocycles. The molecule has 0 aliphatic carbocycles. The molecule has 0 N–H and O–H groups in total. The van der Waals surface area contributed by atoms with Gasteiger partial charge in [0.05, 0.1) is 7.11 Å². The maximum absolute atomic E-state index is 4.91. The fourth-order valence-corrected chi connectivity index (χ4v) is 0.615. The SMILES string of the molecule is COc1[c-]cc(C)cc1.[Br-].[Mg+2]. The number of hydrogen-bond donors (Lipinski definition) is 0. The van der Waals surface area contributed by atoms with Crippen molar-refractivity contribution in [3.63, 3.8) is 0 Å². The summed E-state index contributed by atoms with van der Waals surface area (Å²) in [5.41, 5.74) is 1.20. The van der Waals surface area contributed by atoms with Crippen molar-refractivity contribution in [2.75, 3.05) is 7.11 Å². The topological polar surface area (TPSA) is 9.23 Å². The first-order valence-corrected chi connectivity index (χ1v) is 2.85. The van der Waals surface area contributed by atoms with Gasteiger partial charge in [-0.2, -0.15) is 17.7 Å². The van der Waals surface area contributed by atoms with Crippen LogP contribution in [0, 0.1) is 13.0 Å². The van der Waals surface area contributed by atoms with E-state index >= 15 is 0 Å². The second kappa shape index (κ2) is 6.94. The number of rotatable bonds is 1. The Hall–Kier alpha value is 0.266. The molecule has 0 amide bonds. The second-order valence-corrected chi connectivity index (χ2v) is 1.93. The first-order chi connectivity index (χ1) is 4.33. The van der Waals surface area contributed by atoms with Gasteiger partial charge in [-0.3, -0.25) is 0 Å². The Morgan fingerprint density at radius 2 is 2.00 bits per heavy atom. The van der Waals surface area contributed by atoms with Crippen LogP contribution in [0.4, 0.5) is 0 Å². The Morgan fingerprint density at radius 3 is 2.36 bits per heavy atom. The molecule has 0 saturated heterocycles. The normalized spacial score (nSPS) is 7.45. The minimum atomic E-state index is 0. The number of halogens is 1. The fraction of sp³-hybridized carbons (Fsp3) is 0.250. The summed E-state index contributed by atoms with van der Waals surface area (Å²) >= 11 is 0. The van der Waals surface area contributed by atoms with E-state index in [1.165, 1.54) is 5.56 Å². The maximum atomic E-state index is 4.91. The summed E-state index contributed by atoms with van der Waals surface area (Å²) in [5, 5.41) is 0. The zero-order valence-corrected chi connectivity index (χ0v) is 9.73. The molecular formula is C8H9BrMgO. The molecule has 1 aromatic rings. The van der Waals surface area contributed by atoms with Gasteiger partial charge in [-0.05, 0) is 0 Å². The molecule has 0 atom stereocenters. The molecule has 0 unspecified atom stereocenters. The third-order valence-corrected chi connectivity index (χ3v) is 1.16. The van der Waals surface area contributed by atoms with Crippen LogP contribution < -0.4 is 21.7 Å². The summed E-state index contributed by atoms with van der Waals surface area (Å²) in [5.74, 6) is 0.792. The van der Waals surface area contributed by atoms with E-state index in [1.54, 1.807) is 7.11 Å². The molecule has 0 radical (unpaired) electrons. The van der Waals surface area contributed by atoms with Gasteiger partial charge in [-0.1, -0.05) is 6.92 Å². The Balaban J connectivity index is 0. The van der Waals surface area contributed by atoms with Crippen LogP contribution in [0.3, 0.4) is 0 Å². The van der Waals surface area contributed by atoms with Crippen LogP contribution in [-0.4, -0.2) is 30.2 Å². The van der Waals surface area contributed by atoms with Crippen LogP contribution in [0.25, 0.3) is 0 Å². The monoisotopic (exact) mass is 224 g/mol. The number of hydrogen-bond acceptors (Lipinski definition) is 1. The molecular weight excluding hydrogens is 216 g/mol. The van der Waals surface area contributed by atoms with Crippen LogP contribution in [0.5, 0.6) is 5.75 Å². The summed E-state index contributed by atoms with van der Waals surface area (Å²) < 4.78 is 4.91. The number of ether oxygens (including phenoxy) is 1. The van der Waals surface area contributed by atoms with Gasteiger partial charge in [0.25, 0.3) is 0 Å². The van der Waals surface area contributed by atoms with Crippen LogP contribution in [0.15, 0.2) is 18.2 Å². The van der Waals surface area contributed by atoms with E-state index in [2.05, 4.69) is 6.07 Å². The summed E-state index contributed by atoms with van der Waals surface area (Å²) in [4.78, 5) is 0. The van der Waals surface area contributed by atoms with Gasteiger partial charge in [0.1, 0.15) is 0 Å². The van der Waals surface area contributed by atoms with E-state index in [4.69, 9.17) is 4.74 Å². The van der Waals surface area contributed by atoms with Gasteiger partial charge in [0, 0.05) is 5.75 Å². The van der Waals surface area contributed by atoms with E-state index < -0.39 is 0 Å². The molecule has 0 aromatic heterocycles. The average molecular weight is 225 g/mol. The first-order valence-electron chi connectivity index (χ1n) is 2.85. The molecule has 0 fully saturated rings. The van der Waals surface area contributed by atoms with Gasteiger partial charge in [0.2, 0.25) is 0 Å². The van der Waals surface area contributed by atoms with Crippen molar-refractivity contribution in [2.24, 2.45) is 0 Å². The minimum absolute atomic E-state index is 0. The molecule has 0 bridgehead atoms. The van der Waals surface area contributed by atoms with Crippen molar-refractivity contribution in [1.29, 1.82) is 0 Å². The largest absolute Gasteiger partial charge is 2.00 e. The van der Waals surface area contributed by atoms with Crippen LogP contribution >= 0.6 is 0 Å². The van der Waals surface area contributed by atoms with E-state index in [1.807, 2.05) is 25.1 Å². The van der Waals surface area contributed by atoms with E-state index in [-0.39, 0.29) is 40.0 Å². The van der Waals surface area contributed by atoms with Gasteiger partial charge >= 0.3 is 23.1 Å². The smallest absolute Gasteiger partial charge is 1.00 e. The molecule has 0 heterocycles. The van der Waals surface area contributed by atoms with E-state index in [9.17, 15) is 0 Å². The van der Waals surface area contributed by atoms with Crippen molar-refractivity contribution < 1.29 is 21.7 Å². The third-order valence-electron chi connectivity index (χ3n) is 1.16. The zero-order valence-electron chi connectivity index (χ0n) is 6.73. The molecule has 0 aliphatic heterocycles. The quantitative estimate of drug-likeness (QED) is 0.414. The Morgan fingerprint density at radius 1 is 1.36 bits per heavy atom. The minimum Gasteiger partial charge on any atom is -1.00 e. The van der Waals surface area contributed by atoms with Gasteiger partial charge in [-0.15, -0.1) is 12.1 Å². The predicted octanol–water partition coefficient (Wildman–Crippen LogP) is -1.57. The Bertz CT molecular complexity index is 186. The molecule has 1 aromatic carbocycles. The standard InChI is InChI=1S/C8H9O.BrH.Mg/c1-7-3-5-8(9-2)6-4-7;;/h3-5H,1-2H3;1H;/q-1;;+2/p-1. The van der Waals surface area contributed by atoms with E-state index in [0.717, 1.165) is 5.75 Å². The predicted molar refractivity (Wildman–Crippen MR) is 42.3 cm³/mol. The summed E-state index contributed by atoms with van der Waals surface area (Å²) in [6, 6.07) is 8.76. The summed E-state index contributed by atoms with van der Waals surface area (Å²) in [6.45, 7) is 2.02. The van der Waals surface area contributed by atoms with Crippen molar-refractivity contribution in [2.45, 2.75) is 6.92 Å². The summed E-state index contributed by atoms with van der Waals surface area (Å²) in [7, 11) is 1.64.